The molecular formula is C15H12ClFN4O. The van der Waals surface area contributed by atoms with Crippen LogP contribution >= 0.6 is 11.6 Å². The molecule has 3 rings (SSSR count). The minimum absolute atomic E-state index is 0.104. The molecule has 1 unspecified atom stereocenters. The predicted molar refractivity (Wildman–Crippen MR) is 80.3 cm³/mol. The highest BCUT2D eigenvalue weighted by Gasteiger charge is 2.19. The Hall–Kier alpha value is -2.47. The van der Waals surface area contributed by atoms with Crippen LogP contribution in [-0.2, 0) is 0 Å². The van der Waals surface area contributed by atoms with E-state index < -0.39 is 17.8 Å². The first-order valence-electron chi connectivity index (χ1n) is 6.62. The Morgan fingerprint density at radius 2 is 2.14 bits per heavy atom. The first-order valence-corrected chi connectivity index (χ1v) is 6.99. The van der Waals surface area contributed by atoms with Crippen molar-refractivity contribution in [1.29, 1.82) is 0 Å². The van der Waals surface area contributed by atoms with Crippen LogP contribution in [0.15, 0.2) is 42.6 Å². The molecule has 0 saturated heterocycles. The van der Waals surface area contributed by atoms with Gasteiger partial charge in [-0.05, 0) is 37.3 Å². The zero-order valence-corrected chi connectivity index (χ0v) is 12.4. The molecule has 0 aliphatic carbocycles. The average molecular weight is 319 g/mol. The number of fused-ring (bicyclic) bond motifs is 1. The van der Waals surface area contributed by atoms with E-state index in [-0.39, 0.29) is 5.56 Å². The third kappa shape index (κ3) is 2.65. The van der Waals surface area contributed by atoms with E-state index in [9.17, 15) is 9.18 Å². The molecule has 1 atom stereocenters. The number of pyridine rings is 1. The van der Waals surface area contributed by atoms with Gasteiger partial charge >= 0.3 is 0 Å². The van der Waals surface area contributed by atoms with Gasteiger partial charge < -0.3 is 5.32 Å². The molecule has 0 spiro atoms. The molecule has 1 N–H and O–H groups in total. The number of hydrogen-bond donors (Lipinski definition) is 1. The number of carbonyl (C=O) groups excluding carboxylic acids is 1. The molecule has 0 fully saturated rings. The van der Waals surface area contributed by atoms with Gasteiger partial charge in [-0.3, -0.25) is 9.20 Å². The second-order valence-corrected chi connectivity index (χ2v) is 5.24. The largest absolute Gasteiger partial charge is 0.342 e. The smallest absolute Gasteiger partial charge is 0.254 e. The lowest BCUT2D eigenvalue weighted by Gasteiger charge is -2.13. The fourth-order valence-corrected chi connectivity index (χ4v) is 2.34. The van der Waals surface area contributed by atoms with Crippen molar-refractivity contribution in [3.63, 3.8) is 0 Å². The van der Waals surface area contributed by atoms with E-state index in [0.29, 0.717) is 16.5 Å². The minimum Gasteiger partial charge on any atom is -0.342 e. The van der Waals surface area contributed by atoms with Gasteiger partial charge in [0.2, 0.25) is 0 Å². The van der Waals surface area contributed by atoms with Gasteiger partial charge in [-0.15, -0.1) is 10.2 Å². The number of nitrogens with zero attached hydrogens (tertiary/aromatic N) is 3. The molecule has 0 radical (unpaired) electrons. The highest BCUT2D eigenvalue weighted by molar-refractivity contribution is 6.31. The maximum Gasteiger partial charge on any atom is 0.254 e. The van der Waals surface area contributed by atoms with E-state index in [1.807, 2.05) is 18.2 Å². The summed E-state index contributed by atoms with van der Waals surface area (Å²) in [4.78, 5) is 12.2. The topological polar surface area (TPSA) is 59.3 Å². The summed E-state index contributed by atoms with van der Waals surface area (Å²) in [6.07, 6.45) is 1.80. The van der Waals surface area contributed by atoms with Crippen LogP contribution in [0.2, 0.25) is 5.02 Å². The molecule has 7 heteroatoms. The predicted octanol–water partition coefficient (Wildman–Crippen LogP) is 3.01. The molecule has 5 nitrogen and oxygen atoms in total. The van der Waals surface area contributed by atoms with Gasteiger partial charge in [0.25, 0.3) is 5.91 Å². The van der Waals surface area contributed by atoms with Crippen LogP contribution in [0.4, 0.5) is 4.39 Å². The summed E-state index contributed by atoms with van der Waals surface area (Å²) in [5.41, 5.74) is 0.570. The number of benzene rings is 1. The molecule has 0 saturated carbocycles. The Kier molecular flexibility index (Phi) is 3.77. The molecule has 112 valence electrons. The van der Waals surface area contributed by atoms with Crippen LogP contribution < -0.4 is 5.32 Å². The maximum atomic E-state index is 13.7. The number of hydrogen-bond acceptors (Lipinski definition) is 3. The Balaban J connectivity index is 1.86. The lowest BCUT2D eigenvalue weighted by molar-refractivity contribution is 0.0934. The molecule has 2 aromatic heterocycles. The monoisotopic (exact) mass is 318 g/mol. The van der Waals surface area contributed by atoms with Crippen molar-refractivity contribution in [2.24, 2.45) is 0 Å². The van der Waals surface area contributed by atoms with Crippen molar-refractivity contribution in [1.82, 2.24) is 19.9 Å². The summed E-state index contributed by atoms with van der Waals surface area (Å²) in [5.74, 6) is -0.619. The van der Waals surface area contributed by atoms with Crippen LogP contribution in [-0.4, -0.2) is 20.5 Å². The van der Waals surface area contributed by atoms with Crippen molar-refractivity contribution in [3.8, 4) is 0 Å². The molecule has 0 bridgehead atoms. The summed E-state index contributed by atoms with van der Waals surface area (Å²) in [7, 11) is 0. The van der Waals surface area contributed by atoms with Gasteiger partial charge in [0, 0.05) is 11.2 Å². The van der Waals surface area contributed by atoms with E-state index in [1.165, 1.54) is 12.1 Å². The highest BCUT2D eigenvalue weighted by atomic mass is 35.5. The van der Waals surface area contributed by atoms with Gasteiger partial charge in [-0.2, -0.15) is 0 Å². The SMILES string of the molecule is CC(NC(=O)c1cc(Cl)ccc1F)c1nnc2ccccn12. The fourth-order valence-electron chi connectivity index (χ4n) is 2.17. The van der Waals surface area contributed by atoms with E-state index >= 15 is 0 Å². The summed E-state index contributed by atoms with van der Waals surface area (Å²) >= 11 is 5.80. The van der Waals surface area contributed by atoms with Gasteiger partial charge in [0.05, 0.1) is 11.6 Å². The van der Waals surface area contributed by atoms with Crippen LogP contribution in [0.3, 0.4) is 0 Å². The molecule has 0 aliphatic rings. The Morgan fingerprint density at radius 1 is 1.32 bits per heavy atom. The maximum absolute atomic E-state index is 13.7. The lowest BCUT2D eigenvalue weighted by atomic mass is 10.2. The van der Waals surface area contributed by atoms with E-state index in [0.717, 1.165) is 6.07 Å². The van der Waals surface area contributed by atoms with Gasteiger partial charge in [-0.1, -0.05) is 17.7 Å². The van der Waals surface area contributed by atoms with Crippen molar-refractivity contribution < 1.29 is 9.18 Å². The molecule has 1 amide bonds. The molecule has 22 heavy (non-hydrogen) atoms. The standard InChI is InChI=1S/C15H12ClFN4O/c1-9(14-20-19-13-4-2-3-7-21(13)14)18-15(22)11-8-10(16)5-6-12(11)17/h2-9H,1H3,(H,18,22). The minimum atomic E-state index is -0.625. The average Bonchev–Trinajstić information content (AvgIpc) is 2.93. The molecule has 2 heterocycles. The molecule has 3 aromatic rings. The van der Waals surface area contributed by atoms with E-state index in [2.05, 4.69) is 15.5 Å². The summed E-state index contributed by atoms with van der Waals surface area (Å²) in [6, 6.07) is 8.90. The zero-order chi connectivity index (χ0) is 15.7. The number of rotatable bonds is 3. The Labute approximate surface area is 130 Å². The highest BCUT2D eigenvalue weighted by Crippen LogP contribution is 2.17. The third-order valence-electron chi connectivity index (χ3n) is 3.25. The number of halogens is 2. The number of amides is 1. The summed E-state index contributed by atoms with van der Waals surface area (Å²) in [6.45, 7) is 1.75. The first-order chi connectivity index (χ1) is 10.6. The fraction of sp³-hybridized carbons (Fsp3) is 0.133. The number of nitrogens with one attached hydrogen (secondary N) is 1. The van der Waals surface area contributed by atoms with Crippen molar-refractivity contribution in [3.05, 3.63) is 64.8 Å². The molecule has 1 aromatic carbocycles. The second kappa shape index (κ2) is 5.73. The molecule has 0 aliphatic heterocycles. The van der Waals surface area contributed by atoms with Crippen molar-refractivity contribution in [2.75, 3.05) is 0 Å². The summed E-state index contributed by atoms with van der Waals surface area (Å²) in [5, 5.41) is 11.1. The van der Waals surface area contributed by atoms with Crippen molar-refractivity contribution in [2.45, 2.75) is 13.0 Å². The normalized spacial score (nSPS) is 12.3. The van der Waals surface area contributed by atoms with Crippen LogP contribution in [0.1, 0.15) is 29.1 Å². The van der Waals surface area contributed by atoms with Crippen LogP contribution in [0.25, 0.3) is 5.65 Å². The Bertz CT molecular complexity index is 848. The number of carbonyl (C=O) groups is 1. The third-order valence-corrected chi connectivity index (χ3v) is 3.48. The van der Waals surface area contributed by atoms with Crippen LogP contribution in [0, 0.1) is 5.82 Å². The lowest BCUT2D eigenvalue weighted by Crippen LogP contribution is -2.28. The van der Waals surface area contributed by atoms with Gasteiger partial charge in [-0.25, -0.2) is 4.39 Å². The van der Waals surface area contributed by atoms with E-state index in [4.69, 9.17) is 11.6 Å². The molecular weight excluding hydrogens is 307 g/mol. The summed E-state index contributed by atoms with van der Waals surface area (Å²) < 4.78 is 15.5. The van der Waals surface area contributed by atoms with Gasteiger partial charge in [0.1, 0.15) is 5.82 Å². The van der Waals surface area contributed by atoms with Crippen LogP contribution in [0.5, 0.6) is 0 Å². The first kappa shape index (κ1) is 14.5. The number of aromatic nitrogens is 3. The second-order valence-electron chi connectivity index (χ2n) is 4.81. The zero-order valence-electron chi connectivity index (χ0n) is 11.6. The van der Waals surface area contributed by atoms with E-state index in [1.54, 1.807) is 17.5 Å². The quantitative estimate of drug-likeness (QED) is 0.807. The Morgan fingerprint density at radius 3 is 2.95 bits per heavy atom. The van der Waals surface area contributed by atoms with Gasteiger partial charge in [0.15, 0.2) is 11.5 Å². The van der Waals surface area contributed by atoms with Crippen molar-refractivity contribution >= 4 is 23.2 Å².